The third-order valence-corrected chi connectivity index (χ3v) is 2.83. The number of hydrogen-bond donors (Lipinski definition) is 0. The summed E-state index contributed by atoms with van der Waals surface area (Å²) in [5.41, 5.74) is 2.60. The van der Waals surface area contributed by atoms with Crippen molar-refractivity contribution in [3.63, 3.8) is 0 Å². The quantitative estimate of drug-likeness (QED) is 0.801. The number of benzene rings is 1. The van der Waals surface area contributed by atoms with E-state index in [4.69, 9.17) is 4.74 Å². The average molecular weight is 236 g/mol. The molecule has 0 saturated carbocycles. The van der Waals surface area contributed by atoms with Gasteiger partial charge in [-0.25, -0.2) is 4.68 Å². The zero-order chi connectivity index (χ0) is 11.8. The Bertz CT molecular complexity index is 551. The molecule has 0 fully saturated rings. The van der Waals surface area contributed by atoms with Crippen molar-refractivity contribution < 1.29 is 13.5 Å². The first-order chi connectivity index (χ1) is 8.25. The molecule has 0 saturated heterocycles. The normalized spacial score (nSPS) is 13.8. The number of para-hydroxylation sites is 1. The number of hydrogen-bond acceptors (Lipinski definition) is 2. The third-order valence-electron chi connectivity index (χ3n) is 2.83. The molecule has 0 radical (unpaired) electrons. The first kappa shape index (κ1) is 10.3. The van der Waals surface area contributed by atoms with E-state index < -0.39 is 6.55 Å². The van der Waals surface area contributed by atoms with Crippen LogP contribution in [-0.2, 0) is 6.42 Å². The minimum atomic E-state index is -2.61. The Balaban J connectivity index is 2.06. The van der Waals surface area contributed by atoms with E-state index in [2.05, 4.69) is 5.10 Å². The van der Waals surface area contributed by atoms with Gasteiger partial charge in [0.15, 0.2) is 0 Å². The topological polar surface area (TPSA) is 27.1 Å². The van der Waals surface area contributed by atoms with Crippen molar-refractivity contribution >= 4 is 0 Å². The van der Waals surface area contributed by atoms with Crippen LogP contribution < -0.4 is 4.74 Å². The summed E-state index contributed by atoms with van der Waals surface area (Å²) < 4.78 is 31.1. The number of ether oxygens (including phenoxy) is 1. The molecule has 0 bridgehead atoms. The smallest absolute Gasteiger partial charge is 0.333 e. The minimum Gasteiger partial charge on any atom is -0.492 e. The van der Waals surface area contributed by atoms with Gasteiger partial charge in [0.25, 0.3) is 0 Å². The van der Waals surface area contributed by atoms with Crippen LogP contribution in [0, 0.1) is 0 Å². The predicted octanol–water partition coefficient (Wildman–Crippen LogP) is 2.88. The number of aromatic nitrogens is 2. The molecule has 5 heteroatoms. The third kappa shape index (κ3) is 1.67. The van der Waals surface area contributed by atoms with Gasteiger partial charge in [0.1, 0.15) is 5.75 Å². The van der Waals surface area contributed by atoms with E-state index in [9.17, 15) is 8.78 Å². The minimum absolute atomic E-state index is 0.643. The maximum absolute atomic E-state index is 12.4. The highest BCUT2D eigenvalue weighted by atomic mass is 19.3. The van der Waals surface area contributed by atoms with Crippen LogP contribution in [0.1, 0.15) is 12.1 Å². The number of alkyl halides is 2. The molecule has 0 N–H and O–H groups in total. The molecular formula is C12H10F2N2O. The fourth-order valence-corrected chi connectivity index (χ4v) is 2.03. The summed E-state index contributed by atoms with van der Waals surface area (Å²) in [4.78, 5) is 0. The van der Waals surface area contributed by atoms with E-state index in [1.807, 2.05) is 18.2 Å². The molecule has 1 aromatic carbocycles. The lowest BCUT2D eigenvalue weighted by molar-refractivity contribution is 0.0566. The number of halogens is 2. The second-order valence-electron chi connectivity index (χ2n) is 3.88. The van der Waals surface area contributed by atoms with Crippen molar-refractivity contribution in [3.8, 4) is 16.9 Å². The van der Waals surface area contributed by atoms with Gasteiger partial charge in [-0.1, -0.05) is 18.2 Å². The first-order valence-electron chi connectivity index (χ1n) is 5.33. The molecule has 1 aromatic heterocycles. The van der Waals surface area contributed by atoms with Gasteiger partial charge in [-0.05, 0) is 5.56 Å². The van der Waals surface area contributed by atoms with Crippen LogP contribution in [0.15, 0.2) is 30.6 Å². The summed E-state index contributed by atoms with van der Waals surface area (Å²) in [6.07, 6.45) is 3.64. The van der Waals surface area contributed by atoms with E-state index in [0.29, 0.717) is 16.9 Å². The van der Waals surface area contributed by atoms with Crippen molar-refractivity contribution in [1.82, 2.24) is 9.78 Å². The summed E-state index contributed by atoms with van der Waals surface area (Å²) in [6, 6.07) is 5.75. The van der Waals surface area contributed by atoms with Gasteiger partial charge < -0.3 is 4.74 Å². The zero-order valence-electron chi connectivity index (χ0n) is 8.94. The SMILES string of the molecule is FC(F)n1cc(-c2cccc3c2OCC3)cn1. The fraction of sp³-hybridized carbons (Fsp3) is 0.250. The van der Waals surface area contributed by atoms with Crippen LogP contribution in [-0.4, -0.2) is 16.4 Å². The molecule has 0 amide bonds. The van der Waals surface area contributed by atoms with Gasteiger partial charge >= 0.3 is 6.55 Å². The van der Waals surface area contributed by atoms with E-state index >= 15 is 0 Å². The van der Waals surface area contributed by atoms with Crippen molar-refractivity contribution in [2.45, 2.75) is 13.0 Å². The van der Waals surface area contributed by atoms with Crippen LogP contribution in [0.4, 0.5) is 8.78 Å². The number of nitrogens with zero attached hydrogens (tertiary/aromatic N) is 2. The standard InChI is InChI=1S/C12H10F2N2O/c13-12(14)16-7-9(6-15-16)10-3-1-2-8-4-5-17-11(8)10/h1-3,6-7,12H,4-5H2. The highest BCUT2D eigenvalue weighted by Crippen LogP contribution is 2.36. The molecule has 88 valence electrons. The summed E-state index contributed by atoms with van der Waals surface area (Å²) >= 11 is 0. The molecule has 2 aromatic rings. The highest BCUT2D eigenvalue weighted by Gasteiger charge is 2.18. The van der Waals surface area contributed by atoms with E-state index in [1.165, 1.54) is 12.4 Å². The molecule has 0 aliphatic carbocycles. The highest BCUT2D eigenvalue weighted by molar-refractivity contribution is 5.71. The molecular weight excluding hydrogens is 226 g/mol. The van der Waals surface area contributed by atoms with Crippen molar-refractivity contribution in [3.05, 3.63) is 36.2 Å². The summed E-state index contributed by atoms with van der Waals surface area (Å²) in [6.45, 7) is -1.96. The second-order valence-corrected chi connectivity index (χ2v) is 3.88. The largest absolute Gasteiger partial charge is 0.492 e. The molecule has 17 heavy (non-hydrogen) atoms. The maximum Gasteiger partial charge on any atom is 0.333 e. The van der Waals surface area contributed by atoms with Gasteiger partial charge in [-0.3, -0.25) is 0 Å². The Hall–Kier alpha value is -1.91. The van der Waals surface area contributed by atoms with E-state index in [-0.39, 0.29) is 0 Å². The van der Waals surface area contributed by atoms with Crippen LogP contribution in [0.2, 0.25) is 0 Å². The second kappa shape index (κ2) is 3.84. The maximum atomic E-state index is 12.4. The molecule has 0 spiro atoms. The van der Waals surface area contributed by atoms with Gasteiger partial charge in [0.05, 0.1) is 12.8 Å². The Labute approximate surface area is 96.6 Å². The molecule has 3 nitrogen and oxygen atoms in total. The molecule has 0 unspecified atom stereocenters. The van der Waals surface area contributed by atoms with Crippen molar-refractivity contribution in [2.75, 3.05) is 6.61 Å². The Morgan fingerprint density at radius 1 is 1.35 bits per heavy atom. The summed E-state index contributed by atoms with van der Waals surface area (Å²) in [5.74, 6) is 0.793. The van der Waals surface area contributed by atoms with Gasteiger partial charge in [0.2, 0.25) is 0 Å². The van der Waals surface area contributed by atoms with Gasteiger partial charge in [-0.2, -0.15) is 13.9 Å². The zero-order valence-corrected chi connectivity index (χ0v) is 8.94. The van der Waals surface area contributed by atoms with E-state index in [1.54, 1.807) is 0 Å². The van der Waals surface area contributed by atoms with Crippen LogP contribution in [0.3, 0.4) is 0 Å². The molecule has 2 heterocycles. The van der Waals surface area contributed by atoms with Crippen molar-refractivity contribution in [2.24, 2.45) is 0 Å². The lowest BCUT2D eigenvalue weighted by atomic mass is 10.0. The Kier molecular flexibility index (Phi) is 2.31. The lowest BCUT2D eigenvalue weighted by Crippen LogP contribution is -1.96. The van der Waals surface area contributed by atoms with Crippen LogP contribution in [0.25, 0.3) is 11.1 Å². The average Bonchev–Trinajstić information content (AvgIpc) is 2.97. The summed E-state index contributed by atoms with van der Waals surface area (Å²) in [7, 11) is 0. The molecule has 1 aliphatic heterocycles. The molecule has 0 atom stereocenters. The van der Waals surface area contributed by atoms with E-state index in [0.717, 1.165) is 23.3 Å². The first-order valence-corrected chi connectivity index (χ1v) is 5.33. The van der Waals surface area contributed by atoms with Gasteiger partial charge in [-0.15, -0.1) is 0 Å². The summed E-state index contributed by atoms with van der Waals surface area (Å²) in [5, 5.41) is 3.63. The number of fused-ring (bicyclic) bond motifs is 1. The predicted molar refractivity (Wildman–Crippen MR) is 58.1 cm³/mol. The van der Waals surface area contributed by atoms with Crippen LogP contribution in [0.5, 0.6) is 5.75 Å². The Morgan fingerprint density at radius 2 is 2.24 bits per heavy atom. The van der Waals surface area contributed by atoms with Gasteiger partial charge in [0, 0.05) is 23.7 Å². The Morgan fingerprint density at radius 3 is 3.00 bits per heavy atom. The fourth-order valence-electron chi connectivity index (χ4n) is 2.03. The lowest BCUT2D eigenvalue weighted by Gasteiger charge is -2.05. The van der Waals surface area contributed by atoms with Crippen molar-refractivity contribution in [1.29, 1.82) is 0 Å². The van der Waals surface area contributed by atoms with Crippen LogP contribution >= 0.6 is 0 Å². The monoisotopic (exact) mass is 236 g/mol. The number of rotatable bonds is 2. The molecule has 1 aliphatic rings. The molecule has 3 rings (SSSR count).